The number of aromatic nitrogens is 3. The summed E-state index contributed by atoms with van der Waals surface area (Å²) in [5, 5.41) is 18.5. The maximum Gasteiger partial charge on any atom is 0.283 e. The first-order valence-electron chi connectivity index (χ1n) is 7.16. The lowest BCUT2D eigenvalue weighted by Gasteiger charge is -2.01. The number of nitro groups is 1. The van der Waals surface area contributed by atoms with Crippen molar-refractivity contribution in [3.8, 4) is 0 Å². The quantitative estimate of drug-likeness (QED) is 0.369. The van der Waals surface area contributed by atoms with Crippen LogP contribution >= 0.6 is 27.7 Å². The molecule has 0 atom stereocenters. The number of H-pyrrole nitrogens is 1. The fraction of sp³-hybridized carbons (Fsp3) is 0.0625. The number of halogens is 1. The minimum Gasteiger partial charge on any atom is -0.262 e. The molecule has 126 valence electrons. The molecular formula is C16H12BrN5O2S. The number of aliphatic imine (C=N–C) groups is 1. The van der Waals surface area contributed by atoms with Crippen molar-refractivity contribution in [3.63, 3.8) is 0 Å². The minimum atomic E-state index is -0.418. The van der Waals surface area contributed by atoms with Gasteiger partial charge >= 0.3 is 0 Å². The predicted octanol–water partition coefficient (Wildman–Crippen LogP) is 4.69. The third-order valence-electron chi connectivity index (χ3n) is 3.13. The van der Waals surface area contributed by atoms with E-state index in [-0.39, 0.29) is 5.69 Å². The van der Waals surface area contributed by atoms with Gasteiger partial charge in [0.1, 0.15) is 5.82 Å². The molecular weight excluding hydrogens is 406 g/mol. The lowest BCUT2D eigenvalue weighted by atomic mass is 10.2. The molecule has 0 spiro atoms. The second-order valence-electron chi connectivity index (χ2n) is 5.03. The van der Waals surface area contributed by atoms with Crippen LogP contribution in [0.4, 0.5) is 11.4 Å². The van der Waals surface area contributed by atoms with Crippen LogP contribution in [0.2, 0.25) is 0 Å². The summed E-state index contributed by atoms with van der Waals surface area (Å²) < 4.78 is 0.918. The van der Waals surface area contributed by atoms with Gasteiger partial charge in [0.2, 0.25) is 5.16 Å². The van der Waals surface area contributed by atoms with Crippen molar-refractivity contribution in [1.82, 2.24) is 15.2 Å². The molecule has 9 heteroatoms. The molecule has 0 saturated carbocycles. The molecule has 0 aliphatic carbocycles. The third kappa shape index (κ3) is 4.52. The first-order valence-corrected chi connectivity index (χ1v) is 8.77. The summed E-state index contributed by atoms with van der Waals surface area (Å²) in [5.74, 6) is 0.655. The second kappa shape index (κ2) is 7.58. The van der Waals surface area contributed by atoms with Gasteiger partial charge < -0.3 is 0 Å². The molecule has 0 radical (unpaired) electrons. The van der Waals surface area contributed by atoms with Crippen molar-refractivity contribution < 1.29 is 4.92 Å². The highest BCUT2D eigenvalue weighted by Gasteiger charge is 2.17. The van der Waals surface area contributed by atoms with Crippen LogP contribution < -0.4 is 0 Å². The van der Waals surface area contributed by atoms with Crippen LogP contribution in [0.25, 0.3) is 0 Å². The summed E-state index contributed by atoms with van der Waals surface area (Å²) in [6.45, 7) is 1.77. The Labute approximate surface area is 155 Å². The monoisotopic (exact) mass is 417 g/mol. The Kier molecular flexibility index (Phi) is 5.25. The highest BCUT2D eigenvalue weighted by atomic mass is 79.9. The van der Waals surface area contributed by atoms with Crippen molar-refractivity contribution >= 4 is 45.3 Å². The van der Waals surface area contributed by atoms with Gasteiger partial charge in [-0.3, -0.25) is 20.2 Å². The van der Waals surface area contributed by atoms with E-state index in [0.717, 1.165) is 21.9 Å². The Bertz CT molecular complexity index is 957. The van der Waals surface area contributed by atoms with Crippen LogP contribution in [0.15, 0.2) is 62.0 Å². The summed E-state index contributed by atoms with van der Waals surface area (Å²) in [6.07, 6.45) is 1.60. The Morgan fingerprint density at radius 2 is 2.16 bits per heavy atom. The van der Waals surface area contributed by atoms with Crippen molar-refractivity contribution in [3.05, 3.63) is 68.4 Å². The van der Waals surface area contributed by atoms with E-state index < -0.39 is 4.92 Å². The summed E-state index contributed by atoms with van der Waals surface area (Å²) in [6, 6.07) is 12.4. The number of aromatic amines is 1. The SMILES string of the molecule is Cc1nc(Sc2ccc(C=Nc3cccc(Br)c3)cc2[N+](=O)[O-])n[nH]1. The highest BCUT2D eigenvalue weighted by Crippen LogP contribution is 2.33. The molecule has 2 aromatic carbocycles. The van der Waals surface area contributed by atoms with Gasteiger partial charge in [-0.05, 0) is 48.5 Å². The van der Waals surface area contributed by atoms with Gasteiger partial charge in [0, 0.05) is 16.8 Å². The zero-order valence-corrected chi connectivity index (χ0v) is 15.4. The van der Waals surface area contributed by atoms with Crippen LogP contribution in [-0.4, -0.2) is 26.3 Å². The van der Waals surface area contributed by atoms with Crippen LogP contribution in [0.1, 0.15) is 11.4 Å². The maximum atomic E-state index is 11.4. The highest BCUT2D eigenvalue weighted by molar-refractivity contribution is 9.10. The third-order valence-corrected chi connectivity index (χ3v) is 4.55. The van der Waals surface area contributed by atoms with E-state index in [2.05, 4.69) is 36.1 Å². The molecule has 0 amide bonds. The predicted molar refractivity (Wildman–Crippen MR) is 99.7 cm³/mol. The first kappa shape index (κ1) is 17.3. The van der Waals surface area contributed by atoms with Gasteiger partial charge in [0.15, 0.2) is 0 Å². The molecule has 25 heavy (non-hydrogen) atoms. The number of rotatable bonds is 5. The molecule has 0 unspecified atom stereocenters. The van der Waals surface area contributed by atoms with Crippen LogP contribution in [0.5, 0.6) is 0 Å². The van der Waals surface area contributed by atoms with E-state index in [4.69, 9.17) is 0 Å². The zero-order chi connectivity index (χ0) is 17.8. The smallest absolute Gasteiger partial charge is 0.262 e. The Morgan fingerprint density at radius 1 is 1.32 bits per heavy atom. The molecule has 1 aromatic heterocycles. The van der Waals surface area contributed by atoms with E-state index in [9.17, 15) is 10.1 Å². The maximum absolute atomic E-state index is 11.4. The standard InChI is InChI=1S/C16H12BrN5O2S/c1-10-19-16(21-20-10)25-15-6-5-11(7-14(15)22(23)24)9-18-13-4-2-3-12(17)8-13/h2-9H,1H3,(H,19,20,21). The number of hydrogen-bond acceptors (Lipinski definition) is 6. The molecule has 0 saturated heterocycles. The molecule has 0 aliphatic rings. The van der Waals surface area contributed by atoms with Gasteiger partial charge in [-0.2, -0.15) is 0 Å². The summed E-state index contributed by atoms with van der Waals surface area (Å²) in [7, 11) is 0. The molecule has 0 aliphatic heterocycles. The van der Waals surface area contributed by atoms with Crippen LogP contribution in [0.3, 0.4) is 0 Å². The van der Waals surface area contributed by atoms with Crippen molar-refractivity contribution in [2.24, 2.45) is 4.99 Å². The average Bonchev–Trinajstić information content (AvgIpc) is 2.99. The van der Waals surface area contributed by atoms with Gasteiger partial charge in [0.25, 0.3) is 5.69 Å². The van der Waals surface area contributed by atoms with E-state index in [1.807, 2.05) is 24.3 Å². The number of nitro benzene ring substituents is 1. The molecule has 3 aromatic rings. The van der Waals surface area contributed by atoms with E-state index >= 15 is 0 Å². The Balaban J connectivity index is 1.87. The van der Waals surface area contributed by atoms with Gasteiger partial charge in [-0.25, -0.2) is 4.98 Å². The minimum absolute atomic E-state index is 0.00866. The van der Waals surface area contributed by atoms with E-state index in [0.29, 0.717) is 21.4 Å². The molecule has 0 bridgehead atoms. The number of nitrogens with one attached hydrogen (secondary N) is 1. The first-order chi connectivity index (χ1) is 12.0. The molecule has 3 rings (SSSR count). The van der Waals surface area contributed by atoms with Crippen molar-refractivity contribution in [2.75, 3.05) is 0 Å². The number of hydrogen-bond donors (Lipinski definition) is 1. The fourth-order valence-corrected chi connectivity index (χ4v) is 3.25. The molecule has 7 nitrogen and oxygen atoms in total. The van der Waals surface area contributed by atoms with Gasteiger partial charge in [-0.1, -0.05) is 28.1 Å². The van der Waals surface area contributed by atoms with E-state index in [1.54, 1.807) is 25.3 Å². The van der Waals surface area contributed by atoms with Gasteiger partial charge in [0.05, 0.1) is 15.5 Å². The van der Waals surface area contributed by atoms with Crippen LogP contribution in [0, 0.1) is 17.0 Å². The number of aryl methyl sites for hydroxylation is 1. The second-order valence-corrected chi connectivity index (χ2v) is 6.95. The van der Waals surface area contributed by atoms with Crippen molar-refractivity contribution in [2.45, 2.75) is 17.0 Å². The van der Waals surface area contributed by atoms with E-state index in [1.165, 1.54) is 6.07 Å². The number of benzene rings is 2. The molecule has 1 N–H and O–H groups in total. The van der Waals surface area contributed by atoms with Crippen molar-refractivity contribution in [1.29, 1.82) is 0 Å². The Hall–Kier alpha value is -2.52. The largest absolute Gasteiger partial charge is 0.283 e. The lowest BCUT2D eigenvalue weighted by Crippen LogP contribution is -1.93. The Morgan fingerprint density at radius 3 is 2.84 bits per heavy atom. The zero-order valence-electron chi connectivity index (χ0n) is 13.0. The number of nitrogens with zero attached hydrogens (tertiary/aromatic N) is 4. The summed E-state index contributed by atoms with van der Waals surface area (Å²) in [5.41, 5.74) is 1.39. The lowest BCUT2D eigenvalue weighted by molar-refractivity contribution is -0.387. The summed E-state index contributed by atoms with van der Waals surface area (Å²) >= 11 is 4.52. The fourth-order valence-electron chi connectivity index (χ4n) is 2.02. The summed E-state index contributed by atoms with van der Waals surface area (Å²) in [4.78, 5) is 19.9. The topological polar surface area (TPSA) is 97.1 Å². The molecule has 0 fully saturated rings. The average molecular weight is 418 g/mol. The van der Waals surface area contributed by atoms with Crippen LogP contribution in [-0.2, 0) is 0 Å². The molecule has 1 heterocycles. The van der Waals surface area contributed by atoms with Gasteiger partial charge in [-0.15, -0.1) is 5.10 Å². The normalized spacial score (nSPS) is 11.1.